The summed E-state index contributed by atoms with van der Waals surface area (Å²) in [4.78, 5) is 0. The average molecular weight is 313 g/mol. The molecule has 1 aromatic carbocycles. The zero-order valence-corrected chi connectivity index (χ0v) is 15.3. The number of ether oxygens (including phenoxy) is 1. The minimum absolute atomic E-state index is 0.184. The van der Waals surface area contributed by atoms with Crippen molar-refractivity contribution in [2.75, 3.05) is 6.61 Å². The number of benzene rings is 1. The summed E-state index contributed by atoms with van der Waals surface area (Å²) in [5, 5.41) is 0. The molecule has 0 fully saturated rings. The molecule has 0 radical (unpaired) electrons. The third-order valence-electron chi connectivity index (χ3n) is 4.80. The van der Waals surface area contributed by atoms with Crippen LogP contribution in [0.2, 0.25) is 0 Å². The van der Waals surface area contributed by atoms with E-state index in [-0.39, 0.29) is 5.41 Å². The Morgan fingerprint density at radius 3 is 2.13 bits per heavy atom. The van der Waals surface area contributed by atoms with E-state index in [0.717, 1.165) is 12.3 Å². The van der Waals surface area contributed by atoms with Crippen LogP contribution in [0, 0.1) is 5.41 Å². The largest absolute Gasteiger partial charge is 0.492 e. The highest BCUT2D eigenvalue weighted by atomic mass is 16.5. The summed E-state index contributed by atoms with van der Waals surface area (Å²) in [6.45, 7) is 13.2. The van der Waals surface area contributed by atoms with Gasteiger partial charge in [-0.1, -0.05) is 53.2 Å². The van der Waals surface area contributed by atoms with Gasteiger partial charge in [0.2, 0.25) is 0 Å². The molecule has 0 unspecified atom stereocenters. The Bertz CT molecular complexity index is 579. The Hall–Kier alpha value is -1.70. The zero-order valence-electron chi connectivity index (χ0n) is 15.3. The summed E-state index contributed by atoms with van der Waals surface area (Å²) in [5.41, 5.74) is 1.94. The lowest BCUT2D eigenvalue weighted by Crippen LogP contribution is -2.26. The number of aromatic nitrogens is 1. The predicted octanol–water partition coefficient (Wildman–Crippen LogP) is 5.67. The molecule has 0 N–H and O–H groups in total. The molecule has 0 aliphatic rings. The van der Waals surface area contributed by atoms with Gasteiger partial charge in [-0.2, -0.15) is 0 Å². The van der Waals surface area contributed by atoms with E-state index in [1.54, 1.807) is 0 Å². The number of hydrogen-bond donors (Lipinski definition) is 0. The average Bonchev–Trinajstić information content (AvgIpc) is 3.00. The summed E-state index contributed by atoms with van der Waals surface area (Å²) in [6.07, 6.45) is 6.51. The molecule has 0 saturated heterocycles. The first-order valence-corrected chi connectivity index (χ1v) is 8.66. The van der Waals surface area contributed by atoms with Crippen molar-refractivity contribution in [3.8, 4) is 5.75 Å². The molecule has 1 aromatic heterocycles. The summed E-state index contributed by atoms with van der Waals surface area (Å²) < 4.78 is 7.98. The molecule has 0 aliphatic carbocycles. The van der Waals surface area contributed by atoms with Crippen molar-refractivity contribution < 1.29 is 4.74 Å². The second-order valence-electron chi connectivity index (χ2n) is 7.87. The van der Waals surface area contributed by atoms with Crippen LogP contribution in [0.4, 0.5) is 0 Å². The molecule has 0 saturated carbocycles. The SMILES string of the molecule is CCC(C)(C)CC(C)(C)c1ccc(OCCn2cccc2)cc1. The van der Waals surface area contributed by atoms with Crippen LogP contribution in [-0.4, -0.2) is 11.2 Å². The van der Waals surface area contributed by atoms with E-state index >= 15 is 0 Å². The van der Waals surface area contributed by atoms with Crippen molar-refractivity contribution in [2.45, 2.75) is 59.4 Å². The molecule has 2 nitrogen and oxygen atoms in total. The standard InChI is InChI=1S/C21H31NO/c1-6-20(2,3)17-21(4,5)18-9-11-19(12-10-18)23-16-15-22-13-7-8-14-22/h7-14H,6,15-17H2,1-5H3. The van der Waals surface area contributed by atoms with E-state index < -0.39 is 0 Å². The van der Waals surface area contributed by atoms with Crippen molar-refractivity contribution in [2.24, 2.45) is 5.41 Å². The molecule has 1 heterocycles. The predicted molar refractivity (Wildman–Crippen MR) is 98.1 cm³/mol. The van der Waals surface area contributed by atoms with E-state index in [1.807, 2.05) is 12.1 Å². The Morgan fingerprint density at radius 1 is 0.957 bits per heavy atom. The Kier molecular flexibility index (Phi) is 5.56. The van der Waals surface area contributed by atoms with E-state index in [2.05, 4.69) is 75.8 Å². The second kappa shape index (κ2) is 7.25. The maximum atomic E-state index is 5.85. The molecular weight excluding hydrogens is 282 g/mol. The lowest BCUT2D eigenvalue weighted by atomic mass is 9.70. The van der Waals surface area contributed by atoms with Gasteiger partial charge in [0.25, 0.3) is 0 Å². The van der Waals surface area contributed by atoms with E-state index in [0.29, 0.717) is 12.0 Å². The van der Waals surface area contributed by atoms with Crippen molar-refractivity contribution in [3.63, 3.8) is 0 Å². The van der Waals surface area contributed by atoms with Crippen LogP contribution in [0.3, 0.4) is 0 Å². The van der Waals surface area contributed by atoms with Gasteiger partial charge in [-0.3, -0.25) is 0 Å². The van der Waals surface area contributed by atoms with Gasteiger partial charge in [-0.25, -0.2) is 0 Å². The van der Waals surface area contributed by atoms with Crippen LogP contribution < -0.4 is 4.74 Å². The topological polar surface area (TPSA) is 14.2 Å². The molecule has 0 bridgehead atoms. The highest BCUT2D eigenvalue weighted by Crippen LogP contribution is 2.38. The van der Waals surface area contributed by atoms with Crippen LogP contribution in [0.1, 0.15) is 53.0 Å². The van der Waals surface area contributed by atoms with Crippen LogP contribution >= 0.6 is 0 Å². The summed E-state index contributed by atoms with van der Waals surface area (Å²) in [7, 11) is 0. The van der Waals surface area contributed by atoms with Gasteiger partial charge in [0.15, 0.2) is 0 Å². The molecule has 0 amide bonds. The van der Waals surface area contributed by atoms with Gasteiger partial charge in [0.1, 0.15) is 12.4 Å². The number of nitrogens with zero attached hydrogens (tertiary/aromatic N) is 1. The van der Waals surface area contributed by atoms with Crippen molar-refractivity contribution in [1.29, 1.82) is 0 Å². The maximum absolute atomic E-state index is 5.85. The van der Waals surface area contributed by atoms with Gasteiger partial charge in [-0.15, -0.1) is 0 Å². The molecule has 23 heavy (non-hydrogen) atoms. The highest BCUT2D eigenvalue weighted by Gasteiger charge is 2.28. The molecule has 2 heteroatoms. The van der Waals surface area contributed by atoms with Crippen LogP contribution in [-0.2, 0) is 12.0 Å². The third kappa shape index (κ3) is 5.16. The molecule has 0 aliphatic heterocycles. The molecule has 126 valence electrons. The first-order chi connectivity index (χ1) is 10.8. The second-order valence-corrected chi connectivity index (χ2v) is 7.87. The van der Waals surface area contributed by atoms with Crippen LogP contribution in [0.5, 0.6) is 5.75 Å². The lowest BCUT2D eigenvalue weighted by molar-refractivity contribution is 0.248. The zero-order chi connectivity index (χ0) is 16.9. The summed E-state index contributed by atoms with van der Waals surface area (Å²) in [5.74, 6) is 0.950. The van der Waals surface area contributed by atoms with Gasteiger partial charge in [0, 0.05) is 12.4 Å². The summed E-state index contributed by atoms with van der Waals surface area (Å²) in [6, 6.07) is 12.7. The van der Waals surface area contributed by atoms with Crippen molar-refractivity contribution in [3.05, 3.63) is 54.4 Å². The summed E-state index contributed by atoms with van der Waals surface area (Å²) >= 11 is 0. The molecule has 0 atom stereocenters. The minimum Gasteiger partial charge on any atom is -0.492 e. The van der Waals surface area contributed by atoms with Gasteiger partial charge in [-0.05, 0) is 47.1 Å². The minimum atomic E-state index is 0.184. The normalized spacial score (nSPS) is 12.4. The molecule has 0 spiro atoms. The molecular formula is C21H31NO. The smallest absolute Gasteiger partial charge is 0.119 e. The fourth-order valence-electron chi connectivity index (χ4n) is 3.21. The Balaban J connectivity index is 1.93. The number of hydrogen-bond acceptors (Lipinski definition) is 1. The first-order valence-electron chi connectivity index (χ1n) is 8.66. The molecule has 2 rings (SSSR count). The van der Waals surface area contributed by atoms with Crippen LogP contribution in [0.25, 0.3) is 0 Å². The third-order valence-corrected chi connectivity index (χ3v) is 4.80. The van der Waals surface area contributed by atoms with Gasteiger partial charge in [0.05, 0.1) is 6.54 Å². The maximum Gasteiger partial charge on any atom is 0.119 e. The Labute approximate surface area is 141 Å². The first kappa shape index (κ1) is 17.7. The van der Waals surface area contributed by atoms with E-state index in [1.165, 1.54) is 18.4 Å². The highest BCUT2D eigenvalue weighted by molar-refractivity contribution is 5.31. The van der Waals surface area contributed by atoms with Crippen LogP contribution in [0.15, 0.2) is 48.8 Å². The van der Waals surface area contributed by atoms with Crippen molar-refractivity contribution in [1.82, 2.24) is 4.57 Å². The van der Waals surface area contributed by atoms with Gasteiger partial charge >= 0.3 is 0 Å². The fourth-order valence-corrected chi connectivity index (χ4v) is 3.21. The van der Waals surface area contributed by atoms with E-state index in [4.69, 9.17) is 4.74 Å². The molecule has 2 aromatic rings. The van der Waals surface area contributed by atoms with Crippen molar-refractivity contribution >= 4 is 0 Å². The lowest BCUT2D eigenvalue weighted by Gasteiger charge is -2.35. The fraction of sp³-hybridized carbons (Fsp3) is 0.524. The number of rotatable bonds is 8. The quantitative estimate of drug-likeness (QED) is 0.612. The monoisotopic (exact) mass is 313 g/mol. The van der Waals surface area contributed by atoms with E-state index in [9.17, 15) is 0 Å². The Morgan fingerprint density at radius 2 is 1.57 bits per heavy atom. The van der Waals surface area contributed by atoms with Gasteiger partial charge < -0.3 is 9.30 Å².